The van der Waals surface area contributed by atoms with Gasteiger partial charge in [-0.1, -0.05) is 132 Å². The molecule has 0 amide bonds. The van der Waals surface area contributed by atoms with Crippen LogP contribution in [0, 0.1) is 0 Å². The summed E-state index contributed by atoms with van der Waals surface area (Å²) in [7, 11) is 0. The van der Waals surface area contributed by atoms with Gasteiger partial charge >= 0.3 is 0 Å². The van der Waals surface area contributed by atoms with Gasteiger partial charge in [-0.05, 0) is 170 Å². The third-order valence-corrected chi connectivity index (χ3v) is 20.7. The summed E-state index contributed by atoms with van der Waals surface area (Å²) in [6, 6.07) is 41.7. The number of fused-ring (bicyclic) bond motifs is 12. The molecule has 0 unspecified atom stereocenters. The lowest BCUT2D eigenvalue weighted by Gasteiger charge is -2.47. The zero-order valence-electron chi connectivity index (χ0n) is 41.8. The second-order valence-corrected chi connectivity index (χ2v) is 27.4. The van der Waals surface area contributed by atoms with Crippen LogP contribution in [0.4, 0.5) is 34.1 Å². The van der Waals surface area contributed by atoms with E-state index in [1.807, 2.05) is 11.3 Å². The maximum atomic E-state index is 2.74. The minimum absolute atomic E-state index is 0.0721. The standard InChI is InChI=1S/C62H65BN2S2/c1-57(2)25-26-58(3,4)41-31-36(23-24-40(41)57)64-47-19-16-20-48-53(47)63(46-33-43-44(34-50(46)64)61(9,10)29-28-60(43,7)8)56-54(39-32-42-45(35-52(39)67-56)62(11,12)30-27-59(42,5)6)65(48)49-21-15-18-38-37-17-13-14-22-51(37)66-55(38)49/h13-24,31-35H,25-30H2,1-12H3. The lowest BCUT2D eigenvalue weighted by Crippen LogP contribution is -2.61. The van der Waals surface area contributed by atoms with Crippen molar-refractivity contribution in [3.05, 3.63) is 137 Å². The van der Waals surface area contributed by atoms with Gasteiger partial charge < -0.3 is 9.80 Å². The van der Waals surface area contributed by atoms with E-state index in [4.69, 9.17) is 0 Å². The molecule has 4 heterocycles. The molecule has 67 heavy (non-hydrogen) atoms. The zero-order chi connectivity index (χ0) is 46.5. The molecule has 3 aliphatic carbocycles. The predicted octanol–water partition coefficient (Wildman–Crippen LogP) is 16.4. The van der Waals surface area contributed by atoms with Gasteiger partial charge in [0.25, 0.3) is 6.71 Å². The van der Waals surface area contributed by atoms with Crippen molar-refractivity contribution < 1.29 is 0 Å². The third kappa shape index (κ3) is 5.80. The van der Waals surface area contributed by atoms with Crippen LogP contribution in [0.2, 0.25) is 0 Å². The molecule has 0 fully saturated rings. The highest BCUT2D eigenvalue weighted by atomic mass is 32.1. The topological polar surface area (TPSA) is 6.48 Å². The molecule has 0 radical (unpaired) electrons. The summed E-state index contributed by atoms with van der Waals surface area (Å²) < 4.78 is 5.60. The van der Waals surface area contributed by atoms with Crippen LogP contribution in [-0.4, -0.2) is 6.71 Å². The highest BCUT2D eigenvalue weighted by Crippen LogP contribution is 2.56. The normalized spacial score (nSPS) is 20.8. The molecule has 5 aliphatic rings. The van der Waals surface area contributed by atoms with Gasteiger partial charge in [0.15, 0.2) is 0 Å². The average molecular weight is 913 g/mol. The van der Waals surface area contributed by atoms with Crippen LogP contribution in [0.15, 0.2) is 103 Å². The molecule has 5 heteroatoms. The van der Waals surface area contributed by atoms with Gasteiger partial charge in [0.1, 0.15) is 0 Å². The highest BCUT2D eigenvalue weighted by molar-refractivity contribution is 7.34. The largest absolute Gasteiger partial charge is 0.311 e. The Morgan fingerprint density at radius 1 is 0.403 bits per heavy atom. The summed E-state index contributed by atoms with van der Waals surface area (Å²) >= 11 is 4.03. The van der Waals surface area contributed by atoms with E-state index < -0.39 is 0 Å². The van der Waals surface area contributed by atoms with Crippen molar-refractivity contribution >= 4 is 109 Å². The smallest absolute Gasteiger partial charge is 0.264 e. The van der Waals surface area contributed by atoms with Crippen LogP contribution in [0.5, 0.6) is 0 Å². The summed E-state index contributed by atoms with van der Waals surface area (Å²) in [5.41, 5.74) is 20.6. The molecule has 8 aromatic rings. The summed E-state index contributed by atoms with van der Waals surface area (Å²) in [5, 5.41) is 4.09. The van der Waals surface area contributed by atoms with Gasteiger partial charge in [-0.3, -0.25) is 0 Å². The lowest BCUT2D eigenvalue weighted by molar-refractivity contribution is 0.332. The van der Waals surface area contributed by atoms with E-state index in [0.717, 1.165) is 0 Å². The van der Waals surface area contributed by atoms with Crippen molar-refractivity contribution in [3.63, 3.8) is 0 Å². The Kier molecular flexibility index (Phi) is 8.51. The van der Waals surface area contributed by atoms with Crippen LogP contribution in [0.3, 0.4) is 0 Å². The average Bonchev–Trinajstić information content (AvgIpc) is 3.86. The Balaban J connectivity index is 1.17. The molecule has 0 saturated carbocycles. The molecule has 2 nitrogen and oxygen atoms in total. The zero-order valence-corrected chi connectivity index (χ0v) is 43.5. The van der Waals surface area contributed by atoms with E-state index >= 15 is 0 Å². The van der Waals surface area contributed by atoms with Gasteiger partial charge in [0.05, 0.1) is 16.1 Å². The number of thiophene rings is 2. The molecular weight excluding hydrogens is 848 g/mol. The van der Waals surface area contributed by atoms with Crippen molar-refractivity contribution in [2.75, 3.05) is 9.80 Å². The predicted molar refractivity (Wildman–Crippen MR) is 295 cm³/mol. The summed E-state index contributed by atoms with van der Waals surface area (Å²) in [6.45, 7) is 29.9. The SMILES string of the molecule is CC1(C)CCC(C)(C)c2cc(N3c4cc5c(cc4B4c6sc7cc8c(cc7c6N(c6cccc7c6sc6ccccc67)c6cccc3c64)C(C)(C)CCC8(C)C)C(C)(C)CCC5(C)C)ccc21. The van der Waals surface area contributed by atoms with Gasteiger partial charge in [-0.2, -0.15) is 0 Å². The minimum atomic E-state index is 0.0721. The molecule has 13 rings (SSSR count). The third-order valence-electron chi connectivity index (χ3n) is 18.2. The lowest BCUT2D eigenvalue weighted by atomic mass is 9.35. The van der Waals surface area contributed by atoms with E-state index in [1.165, 1.54) is 152 Å². The van der Waals surface area contributed by atoms with Crippen LogP contribution in [0.25, 0.3) is 30.3 Å². The first-order valence-electron chi connectivity index (χ1n) is 25.3. The fraction of sp³-hybridized carbons (Fsp3) is 0.387. The fourth-order valence-electron chi connectivity index (χ4n) is 13.7. The molecule has 0 N–H and O–H groups in total. The van der Waals surface area contributed by atoms with Crippen molar-refractivity contribution in [1.82, 2.24) is 0 Å². The Bertz CT molecular complexity index is 3460. The van der Waals surface area contributed by atoms with Crippen LogP contribution >= 0.6 is 22.7 Å². The second-order valence-electron chi connectivity index (χ2n) is 25.3. The van der Waals surface area contributed by atoms with Crippen LogP contribution < -0.4 is 25.5 Å². The van der Waals surface area contributed by atoms with Gasteiger partial charge in [0.2, 0.25) is 0 Å². The monoisotopic (exact) mass is 912 g/mol. The molecular formula is C62H65BN2S2. The molecule has 0 saturated heterocycles. The summed E-state index contributed by atoms with van der Waals surface area (Å²) in [5.74, 6) is 0. The minimum Gasteiger partial charge on any atom is -0.311 e. The van der Waals surface area contributed by atoms with E-state index in [-0.39, 0.29) is 39.2 Å². The summed E-state index contributed by atoms with van der Waals surface area (Å²) in [6.07, 6.45) is 7.18. The number of hydrogen-bond donors (Lipinski definition) is 0. The maximum Gasteiger partial charge on any atom is 0.264 e. The summed E-state index contributed by atoms with van der Waals surface area (Å²) in [4.78, 5) is 5.45. The van der Waals surface area contributed by atoms with Crippen molar-refractivity contribution in [3.8, 4) is 0 Å². The van der Waals surface area contributed by atoms with Gasteiger partial charge in [-0.15, -0.1) is 22.7 Å². The Morgan fingerprint density at radius 3 is 1.60 bits per heavy atom. The Hall–Kier alpha value is -4.84. The van der Waals surface area contributed by atoms with Crippen LogP contribution in [0.1, 0.15) is 155 Å². The first kappa shape index (κ1) is 42.3. The molecule has 0 spiro atoms. The molecule has 0 atom stereocenters. The first-order valence-corrected chi connectivity index (χ1v) is 26.9. The Morgan fingerprint density at radius 2 is 0.925 bits per heavy atom. The maximum absolute atomic E-state index is 2.74. The number of hydrogen-bond acceptors (Lipinski definition) is 4. The number of rotatable bonds is 2. The molecule has 2 aromatic heterocycles. The van der Waals surface area contributed by atoms with Gasteiger partial charge in [0, 0.05) is 53.1 Å². The van der Waals surface area contributed by atoms with Gasteiger partial charge in [-0.25, -0.2) is 0 Å². The molecule has 0 bridgehead atoms. The highest BCUT2D eigenvalue weighted by Gasteiger charge is 2.49. The first-order chi connectivity index (χ1) is 31.7. The van der Waals surface area contributed by atoms with Crippen molar-refractivity contribution in [2.45, 2.75) is 154 Å². The number of anilines is 6. The van der Waals surface area contributed by atoms with E-state index in [0.29, 0.717) is 0 Å². The molecule has 6 aromatic carbocycles. The van der Waals surface area contributed by atoms with E-state index in [9.17, 15) is 0 Å². The number of benzene rings is 6. The quantitative estimate of drug-likeness (QED) is 0.159. The van der Waals surface area contributed by atoms with Crippen molar-refractivity contribution in [1.29, 1.82) is 0 Å². The van der Waals surface area contributed by atoms with E-state index in [1.54, 1.807) is 0 Å². The van der Waals surface area contributed by atoms with E-state index in [2.05, 4.69) is 207 Å². The molecule has 338 valence electrons. The second kappa shape index (κ2) is 13.5. The van der Waals surface area contributed by atoms with Crippen LogP contribution in [-0.2, 0) is 32.5 Å². The molecule has 2 aliphatic heterocycles. The van der Waals surface area contributed by atoms with Crippen molar-refractivity contribution in [2.24, 2.45) is 0 Å². The number of nitrogens with zero attached hydrogens (tertiary/aromatic N) is 2. The fourth-order valence-corrected chi connectivity index (χ4v) is 16.2. The Labute approximate surface area is 407 Å².